The highest BCUT2D eigenvalue weighted by molar-refractivity contribution is 6.09. The Morgan fingerprint density at radius 1 is 0.792 bits per heavy atom. The molecule has 0 atom stereocenters. The molecule has 0 aliphatic carbocycles. The summed E-state index contributed by atoms with van der Waals surface area (Å²) >= 11 is 0. The zero-order chi connectivity index (χ0) is 18.3. The minimum absolute atomic E-state index is 0.0969. The molecule has 0 radical (unpaired) electrons. The maximum atomic E-state index is 13.4. The average Bonchev–Trinajstić information content (AvgIpc) is 2.47. The van der Waals surface area contributed by atoms with Crippen LogP contribution in [0.4, 0.5) is 36.4 Å². The van der Waals surface area contributed by atoms with Gasteiger partial charge >= 0.3 is 12.4 Å². The molecule has 0 saturated carbocycles. The average molecular weight is 351 g/mol. The Bertz CT molecular complexity index is 761. The monoisotopic (exact) mass is 351 g/mol. The van der Waals surface area contributed by atoms with Gasteiger partial charge in [0.25, 0.3) is 0 Å². The van der Waals surface area contributed by atoms with Gasteiger partial charge in [-0.15, -0.1) is 0 Å². The molecule has 0 saturated heterocycles. The normalized spacial score (nSPS) is 12.3. The second-order valence-electron chi connectivity index (χ2n) is 4.86. The summed E-state index contributed by atoms with van der Waals surface area (Å²) in [5.41, 5.74) is 0.354. The molecule has 0 spiro atoms. The zero-order valence-electron chi connectivity index (χ0n) is 11.6. The molecule has 2 aromatic carbocycles. The quantitative estimate of drug-likeness (QED) is 0.485. The summed E-state index contributed by atoms with van der Waals surface area (Å²) in [4.78, 5) is 12.1. The highest BCUT2D eigenvalue weighted by Crippen LogP contribution is 2.36. The SMILES string of the molecule is Nc1ccc(C(=O)c2cc(C(F)(F)F)cc(C(F)(F)F)c2)cc1F. The molecule has 0 heterocycles. The van der Waals surface area contributed by atoms with Gasteiger partial charge in [-0.1, -0.05) is 0 Å². The summed E-state index contributed by atoms with van der Waals surface area (Å²) < 4.78 is 89.9. The van der Waals surface area contributed by atoms with Gasteiger partial charge in [0.2, 0.25) is 0 Å². The van der Waals surface area contributed by atoms with Gasteiger partial charge in [-0.2, -0.15) is 26.3 Å². The number of anilines is 1. The van der Waals surface area contributed by atoms with Crippen LogP contribution in [0.15, 0.2) is 36.4 Å². The van der Waals surface area contributed by atoms with Crippen LogP contribution < -0.4 is 5.73 Å². The van der Waals surface area contributed by atoms with Crippen molar-refractivity contribution in [1.82, 2.24) is 0 Å². The van der Waals surface area contributed by atoms with Crippen molar-refractivity contribution in [1.29, 1.82) is 0 Å². The summed E-state index contributed by atoms with van der Waals surface area (Å²) in [6.07, 6.45) is -10.2. The third kappa shape index (κ3) is 3.66. The fraction of sp³-hybridized carbons (Fsp3) is 0.133. The fourth-order valence-corrected chi connectivity index (χ4v) is 1.92. The third-order valence-electron chi connectivity index (χ3n) is 3.11. The van der Waals surface area contributed by atoms with E-state index >= 15 is 0 Å². The van der Waals surface area contributed by atoms with Crippen LogP contribution in [0.1, 0.15) is 27.0 Å². The zero-order valence-corrected chi connectivity index (χ0v) is 11.6. The first-order valence-electron chi connectivity index (χ1n) is 6.29. The van der Waals surface area contributed by atoms with Crippen molar-refractivity contribution < 1.29 is 35.5 Å². The number of nitrogens with two attached hydrogens (primary N) is 1. The summed E-state index contributed by atoms with van der Waals surface area (Å²) in [5, 5.41) is 0. The maximum absolute atomic E-state index is 13.4. The van der Waals surface area contributed by atoms with Crippen molar-refractivity contribution in [2.45, 2.75) is 12.4 Å². The number of hydrogen-bond donors (Lipinski definition) is 1. The minimum Gasteiger partial charge on any atom is -0.396 e. The smallest absolute Gasteiger partial charge is 0.396 e. The number of ketones is 1. The predicted molar refractivity (Wildman–Crippen MR) is 70.7 cm³/mol. The van der Waals surface area contributed by atoms with E-state index in [1.807, 2.05) is 0 Å². The molecule has 9 heteroatoms. The first kappa shape index (κ1) is 17.8. The molecule has 0 unspecified atom stereocenters. The first-order valence-corrected chi connectivity index (χ1v) is 6.29. The molecule has 2 nitrogen and oxygen atoms in total. The van der Waals surface area contributed by atoms with Crippen molar-refractivity contribution >= 4 is 11.5 Å². The van der Waals surface area contributed by atoms with Crippen molar-refractivity contribution in [3.8, 4) is 0 Å². The molecule has 0 bridgehead atoms. The van der Waals surface area contributed by atoms with Gasteiger partial charge in [-0.05, 0) is 36.4 Å². The van der Waals surface area contributed by atoms with E-state index in [9.17, 15) is 35.5 Å². The Morgan fingerprint density at radius 2 is 1.29 bits per heavy atom. The Labute approximate surface area is 130 Å². The van der Waals surface area contributed by atoms with Gasteiger partial charge in [0.1, 0.15) is 5.82 Å². The number of carbonyl (C=O) groups is 1. The number of halogens is 7. The molecule has 0 fully saturated rings. The van der Waals surface area contributed by atoms with Crippen LogP contribution in [-0.4, -0.2) is 5.78 Å². The van der Waals surface area contributed by atoms with E-state index in [0.29, 0.717) is 6.07 Å². The third-order valence-corrected chi connectivity index (χ3v) is 3.11. The molecule has 24 heavy (non-hydrogen) atoms. The molecule has 2 rings (SSSR count). The lowest BCUT2D eigenvalue weighted by Crippen LogP contribution is -2.14. The van der Waals surface area contributed by atoms with Crippen molar-refractivity contribution in [2.24, 2.45) is 0 Å². The molecule has 0 amide bonds. The molecule has 0 aliphatic heterocycles. The van der Waals surface area contributed by atoms with Crippen molar-refractivity contribution in [2.75, 3.05) is 5.73 Å². The highest BCUT2D eigenvalue weighted by atomic mass is 19.4. The summed E-state index contributed by atoms with van der Waals surface area (Å²) in [6, 6.07) is 3.11. The Balaban J connectivity index is 2.60. The van der Waals surface area contributed by atoms with E-state index in [4.69, 9.17) is 5.73 Å². The van der Waals surface area contributed by atoms with Crippen molar-refractivity contribution in [3.05, 3.63) is 64.5 Å². The van der Waals surface area contributed by atoms with Gasteiger partial charge in [0.15, 0.2) is 5.78 Å². The van der Waals surface area contributed by atoms with Gasteiger partial charge in [0.05, 0.1) is 16.8 Å². The minimum atomic E-state index is -5.08. The summed E-state index contributed by atoms with van der Waals surface area (Å²) in [5.74, 6) is -2.20. The topological polar surface area (TPSA) is 43.1 Å². The van der Waals surface area contributed by atoms with Gasteiger partial charge in [-0.25, -0.2) is 4.39 Å². The number of benzene rings is 2. The van der Waals surface area contributed by atoms with Crippen LogP contribution in [0.5, 0.6) is 0 Å². The number of hydrogen-bond acceptors (Lipinski definition) is 2. The van der Waals surface area contributed by atoms with E-state index in [1.54, 1.807) is 0 Å². The lowest BCUT2D eigenvalue weighted by atomic mass is 9.98. The first-order chi connectivity index (χ1) is 10.9. The molecule has 2 N–H and O–H groups in total. The van der Waals surface area contributed by atoms with Crippen molar-refractivity contribution in [3.63, 3.8) is 0 Å². The fourth-order valence-electron chi connectivity index (χ4n) is 1.92. The lowest BCUT2D eigenvalue weighted by Gasteiger charge is -2.14. The maximum Gasteiger partial charge on any atom is 0.416 e. The van der Waals surface area contributed by atoms with E-state index in [2.05, 4.69) is 0 Å². The summed E-state index contributed by atoms with van der Waals surface area (Å²) in [7, 11) is 0. The molecule has 128 valence electrons. The second-order valence-corrected chi connectivity index (χ2v) is 4.86. The Hall–Kier alpha value is -2.58. The van der Waals surface area contributed by atoms with Crippen LogP contribution in [0.3, 0.4) is 0 Å². The second kappa shape index (κ2) is 5.81. The Morgan fingerprint density at radius 3 is 1.71 bits per heavy atom. The van der Waals surface area contributed by atoms with Gasteiger partial charge in [0, 0.05) is 11.1 Å². The standard InChI is InChI=1S/C15H8F7NO/c16-11-5-7(1-2-12(11)23)13(24)8-3-9(14(17,18)19)6-10(4-8)15(20,21)22/h1-6H,23H2. The molecule has 0 aromatic heterocycles. The lowest BCUT2D eigenvalue weighted by molar-refractivity contribution is -0.143. The molecule has 0 aliphatic rings. The van der Waals surface area contributed by atoms with Crippen LogP contribution in [-0.2, 0) is 12.4 Å². The molecule has 2 aromatic rings. The van der Waals surface area contributed by atoms with Crippen LogP contribution in [0.25, 0.3) is 0 Å². The number of carbonyl (C=O) groups excluding carboxylic acids is 1. The van der Waals surface area contributed by atoms with Crippen LogP contribution in [0.2, 0.25) is 0 Å². The van der Waals surface area contributed by atoms with E-state index in [0.717, 1.165) is 12.1 Å². The number of nitrogen functional groups attached to an aromatic ring is 1. The van der Waals surface area contributed by atoms with Crippen LogP contribution >= 0.6 is 0 Å². The van der Waals surface area contributed by atoms with Gasteiger partial charge < -0.3 is 5.73 Å². The molecular weight excluding hydrogens is 343 g/mol. The van der Waals surface area contributed by atoms with Crippen LogP contribution in [0, 0.1) is 5.82 Å². The Kier molecular flexibility index (Phi) is 4.30. The van der Waals surface area contributed by atoms with Gasteiger partial charge in [-0.3, -0.25) is 4.79 Å². The van der Waals surface area contributed by atoms with E-state index in [-0.39, 0.29) is 23.9 Å². The predicted octanol–water partition coefficient (Wildman–Crippen LogP) is 4.68. The number of rotatable bonds is 2. The molecular formula is C15H8F7NO. The van der Waals surface area contributed by atoms with E-state index in [1.165, 1.54) is 0 Å². The largest absolute Gasteiger partial charge is 0.416 e. The number of alkyl halides is 6. The highest BCUT2D eigenvalue weighted by Gasteiger charge is 2.37. The van der Waals surface area contributed by atoms with E-state index < -0.39 is 46.2 Å². The summed E-state index contributed by atoms with van der Waals surface area (Å²) in [6.45, 7) is 0.